The molecule has 3 heterocycles. The van der Waals surface area contributed by atoms with Crippen molar-refractivity contribution in [3.05, 3.63) is 76.6 Å². The van der Waals surface area contributed by atoms with Gasteiger partial charge in [-0.1, -0.05) is 36.8 Å². The summed E-state index contributed by atoms with van der Waals surface area (Å²) >= 11 is 1.63. The Bertz CT molecular complexity index is 880. The van der Waals surface area contributed by atoms with Gasteiger partial charge in [-0.25, -0.2) is 0 Å². The highest BCUT2D eigenvalue weighted by Crippen LogP contribution is 2.40. The Balaban J connectivity index is 1.70. The predicted octanol–water partition coefficient (Wildman–Crippen LogP) is 5.48. The van der Waals surface area contributed by atoms with Crippen LogP contribution in [-0.4, -0.2) is 23.9 Å². The Hall–Kier alpha value is -2.37. The number of furan rings is 1. The van der Waals surface area contributed by atoms with Gasteiger partial charge in [0.25, 0.3) is 5.91 Å². The maximum Gasteiger partial charge on any atom is 0.291 e. The van der Waals surface area contributed by atoms with E-state index in [0.29, 0.717) is 5.76 Å². The normalized spacial score (nSPS) is 16.2. The molecule has 2 aromatic heterocycles. The Morgan fingerprint density at radius 1 is 1.11 bits per heavy atom. The average Bonchev–Trinajstić information content (AvgIpc) is 3.34. The van der Waals surface area contributed by atoms with Crippen molar-refractivity contribution in [2.75, 3.05) is 18.4 Å². The van der Waals surface area contributed by atoms with Crippen LogP contribution in [0.4, 0.5) is 5.00 Å². The lowest BCUT2D eigenvalue weighted by Crippen LogP contribution is -2.34. The first-order valence-corrected chi connectivity index (χ1v) is 10.3. The molecule has 4 nitrogen and oxygen atoms in total. The van der Waals surface area contributed by atoms with Gasteiger partial charge in [-0.15, -0.1) is 11.3 Å². The van der Waals surface area contributed by atoms with E-state index in [1.54, 1.807) is 23.5 Å². The highest BCUT2D eigenvalue weighted by molar-refractivity contribution is 7.16. The molecule has 1 aliphatic rings. The third kappa shape index (κ3) is 3.99. The molecule has 4 rings (SSSR count). The lowest BCUT2D eigenvalue weighted by molar-refractivity contribution is 0.0996. The molecule has 1 N–H and O–H groups in total. The summed E-state index contributed by atoms with van der Waals surface area (Å²) in [5, 5.41) is 3.99. The number of nitrogens with zero attached hydrogens (tertiary/aromatic N) is 1. The van der Waals surface area contributed by atoms with Crippen molar-refractivity contribution in [1.29, 1.82) is 0 Å². The van der Waals surface area contributed by atoms with Gasteiger partial charge in [0.1, 0.15) is 5.00 Å². The van der Waals surface area contributed by atoms with Crippen LogP contribution in [0.25, 0.3) is 0 Å². The molecular formula is C22H24N2O2S. The fourth-order valence-corrected chi connectivity index (χ4v) is 4.75. The van der Waals surface area contributed by atoms with Crippen LogP contribution in [0.15, 0.2) is 59.2 Å². The maximum atomic E-state index is 12.6. The first-order chi connectivity index (χ1) is 13.2. The van der Waals surface area contributed by atoms with Gasteiger partial charge in [0.2, 0.25) is 0 Å². The van der Waals surface area contributed by atoms with E-state index in [1.807, 2.05) is 0 Å². The molecule has 140 valence electrons. The summed E-state index contributed by atoms with van der Waals surface area (Å²) in [5.74, 6) is 0.134. The van der Waals surface area contributed by atoms with Crippen molar-refractivity contribution in [3.8, 4) is 0 Å². The van der Waals surface area contributed by atoms with Gasteiger partial charge in [0, 0.05) is 10.4 Å². The van der Waals surface area contributed by atoms with Gasteiger partial charge in [0.05, 0.1) is 12.3 Å². The van der Waals surface area contributed by atoms with Gasteiger partial charge in [-0.2, -0.15) is 0 Å². The molecule has 0 bridgehead atoms. The van der Waals surface area contributed by atoms with Crippen molar-refractivity contribution in [1.82, 2.24) is 4.90 Å². The van der Waals surface area contributed by atoms with Crippen LogP contribution in [0.3, 0.4) is 0 Å². The molecule has 1 saturated heterocycles. The van der Waals surface area contributed by atoms with Crippen LogP contribution < -0.4 is 5.32 Å². The minimum atomic E-state index is -0.200. The zero-order valence-corrected chi connectivity index (χ0v) is 16.3. The van der Waals surface area contributed by atoms with Crippen molar-refractivity contribution in [2.45, 2.75) is 32.2 Å². The van der Waals surface area contributed by atoms with E-state index in [1.165, 1.54) is 41.5 Å². The Morgan fingerprint density at radius 2 is 1.89 bits per heavy atom. The summed E-state index contributed by atoms with van der Waals surface area (Å²) < 4.78 is 5.26. The second-order valence-corrected chi connectivity index (χ2v) is 8.24. The number of nitrogens with one attached hydrogen (secondary N) is 1. The van der Waals surface area contributed by atoms with E-state index in [0.717, 1.165) is 18.1 Å². The number of hydrogen-bond acceptors (Lipinski definition) is 4. The highest BCUT2D eigenvalue weighted by atomic mass is 32.1. The molecular weight excluding hydrogens is 356 g/mol. The number of carbonyl (C=O) groups is 1. The zero-order valence-electron chi connectivity index (χ0n) is 15.5. The quantitative estimate of drug-likeness (QED) is 0.638. The van der Waals surface area contributed by atoms with Gasteiger partial charge in [-0.3, -0.25) is 9.69 Å². The van der Waals surface area contributed by atoms with E-state index < -0.39 is 0 Å². The summed E-state index contributed by atoms with van der Waals surface area (Å²) in [6, 6.07) is 16.4. The molecule has 1 aromatic carbocycles. The number of piperidine rings is 1. The summed E-state index contributed by atoms with van der Waals surface area (Å²) in [7, 11) is 0. The number of rotatable bonds is 5. The molecule has 3 aromatic rings. The summed E-state index contributed by atoms with van der Waals surface area (Å²) in [5.41, 5.74) is 2.44. The van der Waals surface area contributed by atoms with Crippen LogP contribution in [-0.2, 0) is 0 Å². The fraction of sp³-hybridized carbons (Fsp3) is 0.318. The molecule has 1 fully saturated rings. The topological polar surface area (TPSA) is 45.5 Å². The largest absolute Gasteiger partial charge is 0.459 e. The van der Waals surface area contributed by atoms with Crippen LogP contribution >= 0.6 is 11.3 Å². The number of thiophene rings is 1. The standard InChI is InChI=1S/C22H24N2O2S/c1-16-15-18(22(27-16)23-21(25)19-11-8-14-26-19)20(17-9-4-2-5-10-17)24-12-6-3-7-13-24/h2,4-5,8-11,14-15,20H,3,6-7,12-13H2,1H3,(H,23,25)/t20-/m1/s1. The minimum Gasteiger partial charge on any atom is -0.459 e. The van der Waals surface area contributed by atoms with Crippen LogP contribution in [0.5, 0.6) is 0 Å². The molecule has 1 aliphatic heterocycles. The lowest BCUT2D eigenvalue weighted by Gasteiger charge is -2.35. The molecule has 1 atom stereocenters. The SMILES string of the molecule is Cc1cc([C@@H](c2ccccc2)N2CCCCC2)c(NC(=O)c2ccco2)s1. The molecule has 0 aliphatic carbocycles. The second-order valence-electron chi connectivity index (χ2n) is 6.98. The van der Waals surface area contributed by atoms with E-state index in [2.05, 4.69) is 53.5 Å². The fourth-order valence-electron chi connectivity index (χ4n) is 3.81. The highest BCUT2D eigenvalue weighted by Gasteiger charge is 2.28. The van der Waals surface area contributed by atoms with Gasteiger partial charge in [0.15, 0.2) is 5.76 Å². The molecule has 0 saturated carbocycles. The number of carbonyl (C=O) groups excluding carboxylic acids is 1. The molecule has 5 heteroatoms. The summed E-state index contributed by atoms with van der Waals surface area (Å²) in [6.07, 6.45) is 5.26. The van der Waals surface area contributed by atoms with Crippen molar-refractivity contribution < 1.29 is 9.21 Å². The minimum absolute atomic E-state index is 0.156. The Morgan fingerprint density at radius 3 is 2.59 bits per heavy atom. The van der Waals surface area contributed by atoms with E-state index in [-0.39, 0.29) is 11.9 Å². The van der Waals surface area contributed by atoms with E-state index in [4.69, 9.17) is 4.42 Å². The van der Waals surface area contributed by atoms with Crippen molar-refractivity contribution >= 4 is 22.2 Å². The summed E-state index contributed by atoms with van der Waals surface area (Å²) in [4.78, 5) is 16.3. The number of amides is 1. The summed E-state index contributed by atoms with van der Waals surface area (Å²) in [6.45, 7) is 4.26. The molecule has 0 radical (unpaired) electrons. The first-order valence-electron chi connectivity index (χ1n) is 9.46. The number of anilines is 1. The Labute approximate surface area is 163 Å². The van der Waals surface area contributed by atoms with Gasteiger partial charge < -0.3 is 9.73 Å². The lowest BCUT2D eigenvalue weighted by atomic mass is 9.96. The van der Waals surface area contributed by atoms with Gasteiger partial charge in [-0.05, 0) is 56.6 Å². The molecule has 0 unspecified atom stereocenters. The molecule has 0 spiro atoms. The molecule has 27 heavy (non-hydrogen) atoms. The van der Waals surface area contributed by atoms with Gasteiger partial charge >= 0.3 is 0 Å². The predicted molar refractivity (Wildman–Crippen MR) is 109 cm³/mol. The van der Waals surface area contributed by atoms with Crippen molar-refractivity contribution in [3.63, 3.8) is 0 Å². The molecule has 1 amide bonds. The number of benzene rings is 1. The maximum absolute atomic E-state index is 12.6. The number of hydrogen-bond donors (Lipinski definition) is 1. The van der Waals surface area contributed by atoms with Crippen molar-refractivity contribution in [2.24, 2.45) is 0 Å². The monoisotopic (exact) mass is 380 g/mol. The van der Waals surface area contributed by atoms with E-state index in [9.17, 15) is 4.79 Å². The van der Waals surface area contributed by atoms with Crippen LogP contribution in [0.1, 0.15) is 51.9 Å². The third-order valence-electron chi connectivity index (χ3n) is 5.02. The number of aryl methyl sites for hydroxylation is 1. The average molecular weight is 381 g/mol. The van der Waals surface area contributed by atoms with Crippen LogP contribution in [0, 0.1) is 6.92 Å². The smallest absolute Gasteiger partial charge is 0.291 e. The number of likely N-dealkylation sites (tertiary alicyclic amines) is 1. The first kappa shape index (κ1) is 18.0. The second kappa shape index (κ2) is 8.11. The van der Waals surface area contributed by atoms with Crippen LogP contribution in [0.2, 0.25) is 0 Å². The third-order valence-corrected chi connectivity index (χ3v) is 6.00. The zero-order chi connectivity index (χ0) is 18.6. The Kier molecular flexibility index (Phi) is 5.41. The van der Waals surface area contributed by atoms with E-state index >= 15 is 0 Å².